The van der Waals surface area contributed by atoms with Crippen molar-refractivity contribution in [3.05, 3.63) is 21.9 Å². The Kier molecular flexibility index (Phi) is 3.19. The Morgan fingerprint density at radius 2 is 1.94 bits per heavy atom. The number of nitrogens with zero attached hydrogens (tertiary/aromatic N) is 1. The minimum atomic E-state index is -0.982. The van der Waals surface area contributed by atoms with E-state index in [-0.39, 0.29) is 22.2 Å². The van der Waals surface area contributed by atoms with E-state index in [4.69, 9.17) is 5.11 Å². The number of carbonyl (C=O) groups excluding carboxylic acids is 1. The first-order valence-electron chi connectivity index (χ1n) is 5.95. The first kappa shape index (κ1) is 13.1. The molecular formula is C13H17NO3S. The second-order valence-corrected chi connectivity index (χ2v) is 6.30. The number of carbonyl (C=O) groups is 2. The molecular weight excluding hydrogens is 250 g/mol. The van der Waals surface area contributed by atoms with Crippen molar-refractivity contribution in [2.24, 2.45) is 5.41 Å². The lowest BCUT2D eigenvalue weighted by Crippen LogP contribution is -2.39. The maximum Gasteiger partial charge on any atom is 0.345 e. The summed E-state index contributed by atoms with van der Waals surface area (Å²) in [4.78, 5) is 25.5. The number of hydrogen-bond donors (Lipinski definition) is 1. The number of thiophene rings is 1. The highest BCUT2D eigenvalue weighted by Gasteiger charge is 2.45. The smallest absolute Gasteiger partial charge is 0.345 e. The van der Waals surface area contributed by atoms with E-state index < -0.39 is 5.97 Å². The van der Waals surface area contributed by atoms with Crippen molar-refractivity contribution in [2.75, 3.05) is 7.05 Å². The molecule has 0 aliphatic heterocycles. The molecule has 2 rings (SSSR count). The quantitative estimate of drug-likeness (QED) is 0.912. The van der Waals surface area contributed by atoms with Crippen LogP contribution in [0.5, 0.6) is 0 Å². The maximum atomic E-state index is 12.2. The zero-order valence-corrected chi connectivity index (χ0v) is 11.6. The largest absolute Gasteiger partial charge is 0.477 e. The van der Waals surface area contributed by atoms with Crippen LogP contribution >= 0.6 is 11.3 Å². The summed E-state index contributed by atoms with van der Waals surface area (Å²) in [5.74, 6) is -1.07. The van der Waals surface area contributed by atoms with Crippen LogP contribution in [-0.4, -0.2) is 35.0 Å². The van der Waals surface area contributed by atoms with Crippen LogP contribution in [0.1, 0.15) is 46.0 Å². The molecule has 0 saturated heterocycles. The molecule has 18 heavy (non-hydrogen) atoms. The molecule has 1 fully saturated rings. The van der Waals surface area contributed by atoms with Gasteiger partial charge in [0.15, 0.2) is 0 Å². The van der Waals surface area contributed by atoms with E-state index in [1.807, 2.05) is 0 Å². The fraction of sp³-hybridized carbons (Fsp3) is 0.538. The molecule has 0 radical (unpaired) electrons. The van der Waals surface area contributed by atoms with E-state index in [9.17, 15) is 9.59 Å². The highest BCUT2D eigenvalue weighted by atomic mass is 32.1. The van der Waals surface area contributed by atoms with E-state index in [1.165, 1.54) is 6.07 Å². The summed E-state index contributed by atoms with van der Waals surface area (Å²) < 4.78 is 0. The third kappa shape index (κ3) is 2.27. The van der Waals surface area contributed by atoms with Crippen molar-refractivity contribution in [1.29, 1.82) is 0 Å². The van der Waals surface area contributed by atoms with Crippen LogP contribution in [0.3, 0.4) is 0 Å². The molecule has 1 atom stereocenters. The zero-order valence-electron chi connectivity index (χ0n) is 10.8. The lowest BCUT2D eigenvalue weighted by atomic mass is 9.99. The first-order chi connectivity index (χ1) is 8.35. The summed E-state index contributed by atoms with van der Waals surface area (Å²) in [7, 11) is 1.79. The van der Waals surface area contributed by atoms with Crippen molar-refractivity contribution in [3.63, 3.8) is 0 Å². The molecule has 1 amide bonds. The Bertz CT molecular complexity index is 490. The molecule has 98 valence electrons. The van der Waals surface area contributed by atoms with Crippen LogP contribution in [0.15, 0.2) is 12.1 Å². The van der Waals surface area contributed by atoms with E-state index in [0.29, 0.717) is 4.88 Å². The van der Waals surface area contributed by atoms with Gasteiger partial charge in [-0.05, 0) is 37.3 Å². The molecule has 1 unspecified atom stereocenters. The third-order valence-corrected chi connectivity index (χ3v) is 5.04. The van der Waals surface area contributed by atoms with Crippen molar-refractivity contribution in [1.82, 2.24) is 4.90 Å². The summed E-state index contributed by atoms with van der Waals surface area (Å²) in [6, 6.07) is 3.26. The number of amides is 1. The molecule has 1 heterocycles. The minimum Gasteiger partial charge on any atom is -0.477 e. The molecule has 4 nitrogen and oxygen atoms in total. The van der Waals surface area contributed by atoms with Crippen LogP contribution in [0, 0.1) is 5.41 Å². The van der Waals surface area contributed by atoms with E-state index in [0.717, 1.165) is 24.2 Å². The number of carboxylic acids is 1. The van der Waals surface area contributed by atoms with Gasteiger partial charge in [0.1, 0.15) is 4.88 Å². The van der Waals surface area contributed by atoms with Crippen molar-refractivity contribution >= 4 is 23.2 Å². The highest BCUT2D eigenvalue weighted by molar-refractivity contribution is 7.15. The fourth-order valence-corrected chi connectivity index (χ4v) is 2.83. The van der Waals surface area contributed by atoms with Gasteiger partial charge in [-0.25, -0.2) is 4.79 Å². The van der Waals surface area contributed by atoms with Gasteiger partial charge in [0.2, 0.25) is 0 Å². The van der Waals surface area contributed by atoms with Crippen LogP contribution in [-0.2, 0) is 0 Å². The predicted octanol–water partition coefficient (Wildman–Crippen LogP) is 2.71. The molecule has 0 aromatic carbocycles. The van der Waals surface area contributed by atoms with Gasteiger partial charge in [-0.3, -0.25) is 4.79 Å². The van der Waals surface area contributed by atoms with Crippen molar-refractivity contribution in [2.45, 2.75) is 32.7 Å². The Morgan fingerprint density at radius 1 is 1.39 bits per heavy atom. The second kappa shape index (κ2) is 4.39. The minimum absolute atomic E-state index is 0.0897. The van der Waals surface area contributed by atoms with Gasteiger partial charge in [-0.15, -0.1) is 11.3 Å². The Morgan fingerprint density at radius 3 is 2.39 bits per heavy atom. The number of rotatable bonds is 4. The fourth-order valence-electron chi connectivity index (χ4n) is 2.00. The lowest BCUT2D eigenvalue weighted by molar-refractivity contribution is 0.0686. The molecule has 1 N–H and O–H groups in total. The summed E-state index contributed by atoms with van der Waals surface area (Å²) in [5, 5.41) is 8.85. The molecule has 1 aromatic rings. The average molecular weight is 267 g/mol. The van der Waals surface area contributed by atoms with E-state index in [2.05, 4.69) is 13.8 Å². The molecule has 1 aliphatic rings. The third-order valence-electron chi connectivity index (χ3n) is 3.98. The second-order valence-electron chi connectivity index (χ2n) is 5.22. The summed E-state index contributed by atoms with van der Waals surface area (Å²) in [6.07, 6.45) is 2.30. The van der Waals surface area contributed by atoms with Crippen LogP contribution in [0.2, 0.25) is 0 Å². The van der Waals surface area contributed by atoms with Gasteiger partial charge < -0.3 is 10.0 Å². The Balaban J connectivity index is 2.12. The SMILES string of the molecule is CC(N(C)C(=O)c1ccc(C(=O)O)s1)C1(C)CC1. The van der Waals surface area contributed by atoms with Gasteiger partial charge in [-0.2, -0.15) is 0 Å². The van der Waals surface area contributed by atoms with Gasteiger partial charge in [0.25, 0.3) is 5.91 Å². The predicted molar refractivity (Wildman–Crippen MR) is 70.2 cm³/mol. The Labute approximate surface area is 110 Å². The highest BCUT2D eigenvalue weighted by Crippen LogP contribution is 2.49. The normalized spacial score (nSPS) is 18.2. The maximum absolute atomic E-state index is 12.2. The molecule has 1 saturated carbocycles. The molecule has 0 spiro atoms. The average Bonchev–Trinajstić information content (AvgIpc) is 2.91. The van der Waals surface area contributed by atoms with Crippen LogP contribution in [0.4, 0.5) is 0 Å². The zero-order chi connectivity index (χ0) is 13.5. The van der Waals surface area contributed by atoms with Crippen LogP contribution in [0.25, 0.3) is 0 Å². The van der Waals surface area contributed by atoms with Crippen molar-refractivity contribution < 1.29 is 14.7 Å². The van der Waals surface area contributed by atoms with Crippen molar-refractivity contribution in [3.8, 4) is 0 Å². The monoisotopic (exact) mass is 267 g/mol. The topological polar surface area (TPSA) is 57.6 Å². The van der Waals surface area contributed by atoms with Crippen LogP contribution < -0.4 is 0 Å². The van der Waals surface area contributed by atoms with Gasteiger partial charge in [-0.1, -0.05) is 6.92 Å². The molecule has 5 heteroatoms. The van der Waals surface area contributed by atoms with E-state index in [1.54, 1.807) is 18.0 Å². The lowest BCUT2D eigenvalue weighted by Gasteiger charge is -2.29. The summed E-state index contributed by atoms with van der Waals surface area (Å²) >= 11 is 1.04. The first-order valence-corrected chi connectivity index (χ1v) is 6.77. The van der Waals surface area contributed by atoms with Gasteiger partial charge in [0.05, 0.1) is 4.88 Å². The van der Waals surface area contributed by atoms with Gasteiger partial charge >= 0.3 is 5.97 Å². The molecule has 0 bridgehead atoms. The molecule has 1 aromatic heterocycles. The number of aromatic carboxylic acids is 1. The summed E-state index contributed by atoms with van der Waals surface area (Å²) in [5.41, 5.74) is 0.233. The standard InChI is InChI=1S/C13H17NO3S/c1-8(13(2)6-7-13)14(3)11(15)9-4-5-10(18-9)12(16)17/h4-5,8H,6-7H2,1-3H3,(H,16,17). The summed E-state index contributed by atoms with van der Waals surface area (Å²) in [6.45, 7) is 4.23. The Hall–Kier alpha value is -1.36. The number of hydrogen-bond acceptors (Lipinski definition) is 3. The number of carboxylic acid groups (broad SMARTS) is 1. The van der Waals surface area contributed by atoms with E-state index >= 15 is 0 Å². The molecule has 1 aliphatic carbocycles. The van der Waals surface area contributed by atoms with Gasteiger partial charge in [0, 0.05) is 13.1 Å².